The monoisotopic (exact) mass is 224 g/mol. The van der Waals surface area contributed by atoms with E-state index in [1.54, 1.807) is 0 Å². The normalized spacial score (nSPS) is 38.9. The van der Waals surface area contributed by atoms with Gasteiger partial charge in [-0.25, -0.2) is 4.79 Å². The van der Waals surface area contributed by atoms with Gasteiger partial charge in [0.15, 0.2) is 5.78 Å². The van der Waals surface area contributed by atoms with Crippen molar-refractivity contribution in [1.29, 1.82) is 0 Å². The van der Waals surface area contributed by atoms with Crippen LogP contribution in [0.15, 0.2) is 11.3 Å². The zero-order valence-electron chi connectivity index (χ0n) is 9.70. The maximum Gasteiger partial charge on any atom is 0.371 e. The highest BCUT2D eigenvalue weighted by atomic mass is 16.4. The van der Waals surface area contributed by atoms with Crippen LogP contribution < -0.4 is 0 Å². The van der Waals surface area contributed by atoms with Crippen LogP contribution in [-0.2, 0) is 9.59 Å². The molecule has 0 aromatic heterocycles. The number of carboxylic acid groups (broad SMARTS) is 1. The van der Waals surface area contributed by atoms with Crippen LogP contribution in [0, 0.1) is 16.7 Å². The molecule has 0 aliphatic heterocycles. The van der Waals surface area contributed by atoms with Crippen molar-refractivity contribution < 1.29 is 19.8 Å². The third-order valence-electron chi connectivity index (χ3n) is 4.78. The van der Waals surface area contributed by atoms with Crippen LogP contribution in [0.5, 0.6) is 0 Å². The van der Waals surface area contributed by atoms with Gasteiger partial charge in [0, 0.05) is 11.0 Å². The molecule has 0 aromatic carbocycles. The fourth-order valence-electron chi connectivity index (χ4n) is 3.26. The molecule has 0 heterocycles. The number of aliphatic carboxylic acids is 1. The lowest BCUT2D eigenvalue weighted by Gasteiger charge is -2.31. The number of allylic oxidation sites excluding steroid dienone is 1. The fourth-order valence-corrected chi connectivity index (χ4v) is 3.26. The van der Waals surface area contributed by atoms with Gasteiger partial charge in [-0.1, -0.05) is 20.8 Å². The molecule has 2 bridgehead atoms. The zero-order chi connectivity index (χ0) is 12.3. The second-order valence-electron chi connectivity index (χ2n) is 5.54. The number of hydrogen-bond acceptors (Lipinski definition) is 3. The number of hydrogen-bond donors (Lipinski definition) is 2. The van der Waals surface area contributed by atoms with E-state index < -0.39 is 17.1 Å². The Balaban J connectivity index is 2.61. The SMILES string of the molecule is CC1(C)[C@H]2CC[C@]1(C)C(=O)C2=C(O)C(=O)O. The maximum atomic E-state index is 12.2. The van der Waals surface area contributed by atoms with Crippen LogP contribution in [0.25, 0.3) is 0 Å². The van der Waals surface area contributed by atoms with Gasteiger partial charge in [-0.2, -0.15) is 0 Å². The second kappa shape index (κ2) is 2.87. The number of ketones is 1. The van der Waals surface area contributed by atoms with Crippen LogP contribution in [0.3, 0.4) is 0 Å². The Morgan fingerprint density at radius 2 is 1.88 bits per heavy atom. The van der Waals surface area contributed by atoms with Crippen molar-refractivity contribution >= 4 is 11.8 Å². The van der Waals surface area contributed by atoms with Crippen molar-refractivity contribution in [2.24, 2.45) is 16.7 Å². The van der Waals surface area contributed by atoms with Crippen molar-refractivity contribution in [3.63, 3.8) is 0 Å². The quantitative estimate of drug-likeness (QED) is 0.527. The number of aliphatic hydroxyl groups is 1. The van der Waals surface area contributed by atoms with Gasteiger partial charge in [0.2, 0.25) is 5.76 Å². The van der Waals surface area contributed by atoms with Gasteiger partial charge in [-0.3, -0.25) is 4.79 Å². The minimum Gasteiger partial charge on any atom is -0.502 e. The first-order chi connectivity index (χ1) is 7.23. The summed E-state index contributed by atoms with van der Waals surface area (Å²) in [7, 11) is 0. The molecule has 2 rings (SSSR count). The van der Waals surface area contributed by atoms with Crippen LogP contribution >= 0.6 is 0 Å². The Bertz CT molecular complexity index is 419. The molecule has 2 atom stereocenters. The third kappa shape index (κ3) is 0.996. The summed E-state index contributed by atoms with van der Waals surface area (Å²) in [6.07, 6.45) is 1.56. The van der Waals surface area contributed by atoms with E-state index in [4.69, 9.17) is 5.11 Å². The molecule has 2 aliphatic rings. The summed E-state index contributed by atoms with van der Waals surface area (Å²) in [4.78, 5) is 22.9. The Morgan fingerprint density at radius 1 is 1.31 bits per heavy atom. The second-order valence-corrected chi connectivity index (χ2v) is 5.54. The predicted molar refractivity (Wildman–Crippen MR) is 56.9 cm³/mol. The first-order valence-electron chi connectivity index (χ1n) is 5.44. The van der Waals surface area contributed by atoms with E-state index in [9.17, 15) is 14.7 Å². The predicted octanol–water partition coefficient (Wildman–Crippen LogP) is 1.91. The van der Waals surface area contributed by atoms with Gasteiger partial charge in [-0.05, 0) is 24.2 Å². The minimum absolute atomic E-state index is 0.124. The molecule has 2 aliphatic carbocycles. The molecule has 4 heteroatoms. The number of aliphatic hydroxyl groups excluding tert-OH is 1. The molecule has 0 spiro atoms. The van der Waals surface area contributed by atoms with E-state index in [2.05, 4.69) is 0 Å². The fraction of sp³-hybridized carbons (Fsp3) is 0.667. The number of carbonyl (C=O) groups is 2. The molecule has 0 amide bonds. The molecule has 0 radical (unpaired) electrons. The Morgan fingerprint density at radius 3 is 2.25 bits per heavy atom. The largest absolute Gasteiger partial charge is 0.502 e. The van der Waals surface area contributed by atoms with Crippen LogP contribution in [0.4, 0.5) is 0 Å². The number of Topliss-reactive ketones (excluding diaryl/α,β-unsaturated/α-hetero) is 1. The highest BCUT2D eigenvalue weighted by Gasteiger charge is 2.65. The Labute approximate surface area is 94.0 Å². The van der Waals surface area contributed by atoms with Crippen molar-refractivity contribution in [3.8, 4) is 0 Å². The van der Waals surface area contributed by atoms with E-state index in [0.29, 0.717) is 0 Å². The maximum absolute atomic E-state index is 12.2. The average molecular weight is 224 g/mol. The molecular weight excluding hydrogens is 208 g/mol. The van der Waals surface area contributed by atoms with Crippen molar-refractivity contribution in [2.45, 2.75) is 33.6 Å². The lowest BCUT2D eigenvalue weighted by atomic mass is 9.70. The first-order valence-corrected chi connectivity index (χ1v) is 5.44. The highest BCUT2D eigenvalue weighted by molar-refractivity contribution is 6.09. The van der Waals surface area contributed by atoms with E-state index in [0.717, 1.165) is 12.8 Å². The molecule has 88 valence electrons. The van der Waals surface area contributed by atoms with Gasteiger partial charge in [-0.15, -0.1) is 0 Å². The lowest BCUT2D eigenvalue weighted by molar-refractivity contribution is -0.136. The van der Waals surface area contributed by atoms with Crippen molar-refractivity contribution in [2.75, 3.05) is 0 Å². The van der Waals surface area contributed by atoms with Crippen LogP contribution in [0.2, 0.25) is 0 Å². The van der Waals surface area contributed by atoms with E-state index >= 15 is 0 Å². The summed E-state index contributed by atoms with van der Waals surface area (Å²) in [5.74, 6) is -2.48. The summed E-state index contributed by atoms with van der Waals surface area (Å²) < 4.78 is 0. The van der Waals surface area contributed by atoms with Gasteiger partial charge in [0.1, 0.15) is 0 Å². The molecule has 2 saturated carbocycles. The lowest BCUT2D eigenvalue weighted by Crippen LogP contribution is -2.32. The molecular formula is C12H16O4. The summed E-state index contributed by atoms with van der Waals surface area (Å²) in [6, 6.07) is 0. The van der Waals surface area contributed by atoms with Gasteiger partial charge in [0.25, 0.3) is 0 Å². The molecule has 0 saturated heterocycles. The van der Waals surface area contributed by atoms with E-state index in [-0.39, 0.29) is 22.7 Å². The van der Waals surface area contributed by atoms with Gasteiger partial charge >= 0.3 is 5.97 Å². The van der Waals surface area contributed by atoms with E-state index in [1.165, 1.54) is 0 Å². The molecule has 4 nitrogen and oxygen atoms in total. The van der Waals surface area contributed by atoms with Crippen molar-refractivity contribution in [1.82, 2.24) is 0 Å². The molecule has 0 aromatic rings. The summed E-state index contributed by atoms with van der Waals surface area (Å²) in [5, 5.41) is 18.3. The van der Waals surface area contributed by atoms with Crippen LogP contribution in [-0.4, -0.2) is 22.0 Å². The minimum atomic E-state index is -1.41. The summed E-state index contributed by atoms with van der Waals surface area (Å²) >= 11 is 0. The number of rotatable bonds is 1. The van der Waals surface area contributed by atoms with Gasteiger partial charge < -0.3 is 10.2 Å². The van der Waals surface area contributed by atoms with Crippen LogP contribution in [0.1, 0.15) is 33.6 Å². The standard InChI is InChI=1S/C12H16O4/c1-11(2)6-4-5-12(11,3)9(14)7(6)8(13)10(15)16/h6,13H,4-5H2,1-3H3,(H,15,16)/t6-,12+/m0/s1. The zero-order valence-corrected chi connectivity index (χ0v) is 9.70. The smallest absolute Gasteiger partial charge is 0.371 e. The summed E-state index contributed by atoms with van der Waals surface area (Å²) in [6.45, 7) is 5.83. The number of carboxylic acids is 1. The molecule has 0 unspecified atom stereocenters. The number of carbonyl (C=O) groups excluding carboxylic acids is 1. The van der Waals surface area contributed by atoms with E-state index in [1.807, 2.05) is 20.8 Å². The van der Waals surface area contributed by atoms with Gasteiger partial charge in [0.05, 0.1) is 0 Å². The topological polar surface area (TPSA) is 74.6 Å². The Hall–Kier alpha value is -1.32. The molecule has 2 N–H and O–H groups in total. The highest BCUT2D eigenvalue weighted by Crippen LogP contribution is 2.65. The summed E-state index contributed by atoms with van der Waals surface area (Å²) in [5.41, 5.74) is -0.648. The molecule has 16 heavy (non-hydrogen) atoms. The third-order valence-corrected chi connectivity index (χ3v) is 4.78. The number of fused-ring (bicyclic) bond motifs is 2. The molecule has 2 fully saturated rings. The Kier molecular flexibility index (Phi) is 2.00. The first kappa shape index (κ1) is 11.2. The average Bonchev–Trinajstić information content (AvgIpc) is 2.48. The van der Waals surface area contributed by atoms with Crippen molar-refractivity contribution in [3.05, 3.63) is 11.3 Å².